The third-order valence-electron chi connectivity index (χ3n) is 2.01. The van der Waals surface area contributed by atoms with E-state index in [0.717, 1.165) is 19.1 Å². The molecule has 1 nitrogen and oxygen atoms in total. The molecule has 1 unspecified atom stereocenters. The Labute approximate surface area is 69.6 Å². The van der Waals surface area contributed by atoms with Gasteiger partial charge in [0.25, 0.3) is 0 Å². The monoisotopic (exact) mass is 202 g/mol. The molecule has 0 bridgehead atoms. The van der Waals surface area contributed by atoms with Crippen LogP contribution in [-0.2, 0) is 4.79 Å². The minimum absolute atomic E-state index is 0.484. The van der Waals surface area contributed by atoms with E-state index < -0.39 is 0 Å². The molecular formula is C8H11BrO. The molecule has 56 valence electrons. The summed E-state index contributed by atoms with van der Waals surface area (Å²) in [6.45, 7) is 2.12. The van der Waals surface area contributed by atoms with Crippen LogP contribution < -0.4 is 0 Å². The number of hydrogen-bond acceptors (Lipinski definition) is 1. The first-order chi connectivity index (χ1) is 4.75. The fourth-order valence-corrected chi connectivity index (χ4v) is 1.94. The van der Waals surface area contributed by atoms with Crippen LogP contribution in [0, 0.1) is 5.92 Å². The molecule has 0 aromatic heterocycles. The van der Waals surface area contributed by atoms with Gasteiger partial charge in [-0.25, -0.2) is 0 Å². The molecule has 0 saturated heterocycles. The van der Waals surface area contributed by atoms with Gasteiger partial charge in [-0.1, -0.05) is 21.5 Å². The van der Waals surface area contributed by atoms with Crippen molar-refractivity contribution in [3.63, 3.8) is 0 Å². The summed E-state index contributed by atoms with van der Waals surface area (Å²) in [5.41, 5.74) is 1.41. The Bertz CT molecular complexity index is 172. The van der Waals surface area contributed by atoms with Gasteiger partial charge in [-0.15, -0.1) is 0 Å². The van der Waals surface area contributed by atoms with Crippen LogP contribution in [0.4, 0.5) is 0 Å². The molecule has 1 aliphatic rings. The Morgan fingerprint density at radius 3 is 2.90 bits per heavy atom. The lowest BCUT2D eigenvalue weighted by Crippen LogP contribution is -1.94. The van der Waals surface area contributed by atoms with Gasteiger partial charge in [0.2, 0.25) is 0 Å². The first kappa shape index (κ1) is 7.99. The molecular weight excluding hydrogens is 192 g/mol. The molecule has 1 aliphatic carbocycles. The summed E-state index contributed by atoms with van der Waals surface area (Å²) in [6.07, 6.45) is 3.98. The Kier molecular flexibility index (Phi) is 2.66. The van der Waals surface area contributed by atoms with Gasteiger partial charge in [0.05, 0.1) is 0 Å². The van der Waals surface area contributed by atoms with Crippen molar-refractivity contribution in [2.75, 3.05) is 0 Å². The van der Waals surface area contributed by atoms with Crippen molar-refractivity contribution >= 4 is 22.2 Å². The van der Waals surface area contributed by atoms with Crippen molar-refractivity contribution in [2.45, 2.75) is 26.2 Å². The van der Waals surface area contributed by atoms with Crippen LogP contribution in [0.15, 0.2) is 10.1 Å². The molecule has 10 heavy (non-hydrogen) atoms. The predicted molar refractivity (Wildman–Crippen MR) is 45.0 cm³/mol. The third-order valence-corrected chi connectivity index (χ3v) is 3.34. The van der Waals surface area contributed by atoms with Crippen molar-refractivity contribution < 1.29 is 4.79 Å². The standard InChI is InChI=1S/C8H11BrO/c1-6-2-3-7(4-5-10)8(6)9/h5,7H,2-4H2,1H3. The maximum atomic E-state index is 10.2. The largest absolute Gasteiger partial charge is 0.303 e. The van der Waals surface area contributed by atoms with Gasteiger partial charge < -0.3 is 4.79 Å². The Balaban J connectivity index is 2.58. The molecule has 2 heteroatoms. The fourth-order valence-electron chi connectivity index (χ4n) is 1.32. The first-order valence-electron chi connectivity index (χ1n) is 3.54. The van der Waals surface area contributed by atoms with Gasteiger partial charge >= 0.3 is 0 Å². The summed E-state index contributed by atoms with van der Waals surface area (Å²) in [4.78, 5) is 10.2. The maximum absolute atomic E-state index is 10.2. The van der Waals surface area contributed by atoms with E-state index in [1.54, 1.807) is 0 Å². The number of hydrogen-bond donors (Lipinski definition) is 0. The normalized spacial score (nSPS) is 25.6. The molecule has 0 aromatic rings. The van der Waals surface area contributed by atoms with E-state index in [0.29, 0.717) is 12.3 Å². The van der Waals surface area contributed by atoms with Crippen LogP contribution in [0.25, 0.3) is 0 Å². The summed E-state index contributed by atoms with van der Waals surface area (Å²) in [7, 11) is 0. The highest BCUT2D eigenvalue weighted by atomic mass is 79.9. The Morgan fingerprint density at radius 1 is 1.80 bits per heavy atom. The zero-order valence-corrected chi connectivity index (χ0v) is 7.65. The van der Waals surface area contributed by atoms with E-state index in [2.05, 4.69) is 22.9 Å². The quantitative estimate of drug-likeness (QED) is 0.630. The number of rotatable bonds is 2. The number of aldehydes is 1. The van der Waals surface area contributed by atoms with Crippen LogP contribution >= 0.6 is 15.9 Å². The maximum Gasteiger partial charge on any atom is 0.120 e. The van der Waals surface area contributed by atoms with Crippen LogP contribution in [0.1, 0.15) is 26.2 Å². The second kappa shape index (κ2) is 3.33. The average Bonchev–Trinajstić information content (AvgIpc) is 2.20. The zero-order chi connectivity index (χ0) is 7.56. The lowest BCUT2D eigenvalue weighted by atomic mass is 10.1. The molecule has 1 atom stereocenters. The summed E-state index contributed by atoms with van der Waals surface area (Å²) in [5.74, 6) is 0.484. The lowest BCUT2D eigenvalue weighted by Gasteiger charge is -2.03. The fraction of sp³-hybridized carbons (Fsp3) is 0.625. The van der Waals surface area contributed by atoms with E-state index in [1.165, 1.54) is 10.1 Å². The van der Waals surface area contributed by atoms with Crippen LogP contribution in [0.3, 0.4) is 0 Å². The average molecular weight is 203 g/mol. The van der Waals surface area contributed by atoms with Crippen molar-refractivity contribution in [3.8, 4) is 0 Å². The Morgan fingerprint density at radius 2 is 2.50 bits per heavy atom. The topological polar surface area (TPSA) is 17.1 Å². The van der Waals surface area contributed by atoms with Crippen molar-refractivity contribution in [1.82, 2.24) is 0 Å². The Hall–Kier alpha value is -0.110. The van der Waals surface area contributed by atoms with Crippen LogP contribution in [-0.4, -0.2) is 6.29 Å². The smallest absolute Gasteiger partial charge is 0.120 e. The zero-order valence-electron chi connectivity index (χ0n) is 6.06. The SMILES string of the molecule is CC1=C(Br)C(CC=O)CC1. The molecule has 0 spiro atoms. The number of allylic oxidation sites excluding steroid dienone is 2. The molecule has 1 rings (SSSR count). The third kappa shape index (κ3) is 1.48. The van der Waals surface area contributed by atoms with E-state index in [9.17, 15) is 4.79 Å². The summed E-state index contributed by atoms with van der Waals surface area (Å²) in [6, 6.07) is 0. The minimum atomic E-state index is 0.484. The van der Waals surface area contributed by atoms with Gasteiger partial charge in [0, 0.05) is 6.42 Å². The van der Waals surface area contributed by atoms with Crippen molar-refractivity contribution in [3.05, 3.63) is 10.1 Å². The van der Waals surface area contributed by atoms with Gasteiger partial charge in [0.1, 0.15) is 6.29 Å². The van der Waals surface area contributed by atoms with Gasteiger partial charge in [-0.3, -0.25) is 0 Å². The molecule has 0 aliphatic heterocycles. The van der Waals surface area contributed by atoms with Crippen molar-refractivity contribution in [1.29, 1.82) is 0 Å². The van der Waals surface area contributed by atoms with Gasteiger partial charge in [0.15, 0.2) is 0 Å². The second-order valence-corrected chi connectivity index (χ2v) is 3.62. The van der Waals surface area contributed by atoms with E-state index in [4.69, 9.17) is 0 Å². The highest BCUT2D eigenvalue weighted by Gasteiger charge is 2.20. The highest BCUT2D eigenvalue weighted by Crippen LogP contribution is 2.36. The summed E-state index contributed by atoms with van der Waals surface area (Å²) in [5, 5.41) is 0. The van der Waals surface area contributed by atoms with Crippen LogP contribution in [0.5, 0.6) is 0 Å². The number of carbonyl (C=O) groups is 1. The van der Waals surface area contributed by atoms with E-state index in [1.807, 2.05) is 0 Å². The van der Waals surface area contributed by atoms with E-state index in [-0.39, 0.29) is 0 Å². The molecule has 0 aromatic carbocycles. The summed E-state index contributed by atoms with van der Waals surface area (Å²) < 4.78 is 1.26. The molecule has 0 saturated carbocycles. The molecule has 0 N–H and O–H groups in total. The molecule has 0 heterocycles. The van der Waals surface area contributed by atoms with E-state index >= 15 is 0 Å². The molecule has 0 fully saturated rings. The summed E-state index contributed by atoms with van der Waals surface area (Å²) >= 11 is 3.49. The predicted octanol–water partition coefficient (Wildman–Crippen LogP) is 2.65. The first-order valence-corrected chi connectivity index (χ1v) is 4.33. The number of carbonyl (C=O) groups excluding carboxylic acids is 1. The van der Waals surface area contributed by atoms with Gasteiger partial charge in [-0.05, 0) is 30.2 Å². The minimum Gasteiger partial charge on any atom is -0.303 e. The molecule has 0 radical (unpaired) electrons. The second-order valence-electron chi connectivity index (χ2n) is 2.77. The lowest BCUT2D eigenvalue weighted by molar-refractivity contribution is -0.108. The van der Waals surface area contributed by atoms with Crippen LogP contribution in [0.2, 0.25) is 0 Å². The van der Waals surface area contributed by atoms with Gasteiger partial charge in [-0.2, -0.15) is 0 Å². The number of halogens is 1. The highest BCUT2D eigenvalue weighted by molar-refractivity contribution is 9.11. The van der Waals surface area contributed by atoms with Crippen molar-refractivity contribution in [2.24, 2.45) is 5.92 Å². The molecule has 0 amide bonds.